The molecular formula is C14H26N2O2. The molecule has 4 nitrogen and oxygen atoms in total. The highest BCUT2D eigenvalue weighted by Gasteiger charge is 2.24. The predicted octanol–water partition coefficient (Wildman–Crippen LogP) is 1.71. The second kappa shape index (κ2) is 7.10. The summed E-state index contributed by atoms with van der Waals surface area (Å²) in [5.41, 5.74) is 0. The fraction of sp³-hybridized carbons (Fsp3) is 0.929. The van der Waals surface area contributed by atoms with Crippen molar-refractivity contribution in [2.24, 2.45) is 5.92 Å². The number of aliphatic carboxylic acids is 1. The van der Waals surface area contributed by atoms with Crippen LogP contribution in [0.25, 0.3) is 0 Å². The summed E-state index contributed by atoms with van der Waals surface area (Å²) < 4.78 is 0. The van der Waals surface area contributed by atoms with Gasteiger partial charge in [-0.05, 0) is 31.7 Å². The van der Waals surface area contributed by atoms with Crippen LogP contribution in [0, 0.1) is 5.92 Å². The van der Waals surface area contributed by atoms with E-state index in [4.69, 9.17) is 5.11 Å². The molecule has 1 aliphatic heterocycles. The average Bonchev–Trinajstić information content (AvgIpc) is 2.78. The Balaban J connectivity index is 1.60. The van der Waals surface area contributed by atoms with Crippen molar-refractivity contribution in [3.8, 4) is 0 Å². The number of carboxylic acid groups (broad SMARTS) is 1. The molecular weight excluding hydrogens is 228 g/mol. The largest absolute Gasteiger partial charge is 0.481 e. The van der Waals surface area contributed by atoms with Crippen LogP contribution in [-0.2, 0) is 4.79 Å². The van der Waals surface area contributed by atoms with Gasteiger partial charge in [0, 0.05) is 25.7 Å². The van der Waals surface area contributed by atoms with Gasteiger partial charge in [0.1, 0.15) is 0 Å². The van der Waals surface area contributed by atoms with Crippen LogP contribution in [0.4, 0.5) is 0 Å². The van der Waals surface area contributed by atoms with Crippen molar-refractivity contribution in [3.63, 3.8) is 0 Å². The van der Waals surface area contributed by atoms with Crippen LogP contribution in [0.5, 0.6) is 0 Å². The third kappa shape index (κ3) is 4.58. The van der Waals surface area contributed by atoms with Crippen LogP contribution >= 0.6 is 0 Å². The maximum Gasteiger partial charge on any atom is 0.304 e. The fourth-order valence-electron chi connectivity index (χ4n) is 3.28. The van der Waals surface area contributed by atoms with Crippen molar-refractivity contribution in [2.75, 3.05) is 26.2 Å². The van der Waals surface area contributed by atoms with Gasteiger partial charge in [-0.3, -0.25) is 4.79 Å². The summed E-state index contributed by atoms with van der Waals surface area (Å²) in [7, 11) is 0. The van der Waals surface area contributed by atoms with Crippen molar-refractivity contribution >= 4 is 5.97 Å². The Hall–Kier alpha value is -0.610. The van der Waals surface area contributed by atoms with Crippen LogP contribution in [0.3, 0.4) is 0 Å². The van der Waals surface area contributed by atoms with Gasteiger partial charge in [0.05, 0.1) is 6.42 Å². The SMILES string of the molecule is O=C(O)CCNC1CCN(CC2CCCCC2)C1. The second-order valence-electron chi connectivity index (χ2n) is 5.85. The Morgan fingerprint density at radius 2 is 2.00 bits per heavy atom. The lowest BCUT2D eigenvalue weighted by Gasteiger charge is -2.26. The molecule has 1 unspecified atom stereocenters. The average molecular weight is 254 g/mol. The monoisotopic (exact) mass is 254 g/mol. The highest BCUT2D eigenvalue weighted by molar-refractivity contribution is 5.66. The molecule has 1 aliphatic carbocycles. The first-order valence-corrected chi connectivity index (χ1v) is 7.41. The van der Waals surface area contributed by atoms with Crippen LogP contribution in [0.1, 0.15) is 44.9 Å². The first-order valence-electron chi connectivity index (χ1n) is 7.41. The molecule has 2 rings (SSSR count). The standard InChI is InChI=1S/C14H26N2O2/c17-14(18)6-8-15-13-7-9-16(11-13)10-12-4-2-1-3-5-12/h12-13,15H,1-11H2,(H,17,18). The van der Waals surface area contributed by atoms with E-state index in [0.717, 1.165) is 12.5 Å². The van der Waals surface area contributed by atoms with E-state index >= 15 is 0 Å². The first kappa shape index (κ1) is 13.8. The third-order valence-corrected chi connectivity index (χ3v) is 4.29. The van der Waals surface area contributed by atoms with Gasteiger partial charge in [-0.25, -0.2) is 0 Å². The summed E-state index contributed by atoms with van der Waals surface area (Å²) >= 11 is 0. The van der Waals surface area contributed by atoms with E-state index in [9.17, 15) is 4.79 Å². The molecule has 2 fully saturated rings. The van der Waals surface area contributed by atoms with Crippen molar-refractivity contribution in [1.29, 1.82) is 0 Å². The van der Waals surface area contributed by atoms with Crippen molar-refractivity contribution in [1.82, 2.24) is 10.2 Å². The van der Waals surface area contributed by atoms with Gasteiger partial charge in [0.15, 0.2) is 0 Å². The van der Waals surface area contributed by atoms with Gasteiger partial charge in [-0.15, -0.1) is 0 Å². The summed E-state index contributed by atoms with van der Waals surface area (Å²) in [5, 5.41) is 12.0. The van der Waals surface area contributed by atoms with Gasteiger partial charge in [-0.2, -0.15) is 0 Å². The summed E-state index contributed by atoms with van der Waals surface area (Å²) in [4.78, 5) is 13.0. The zero-order valence-corrected chi connectivity index (χ0v) is 11.2. The van der Waals surface area contributed by atoms with E-state index in [2.05, 4.69) is 10.2 Å². The predicted molar refractivity (Wildman–Crippen MR) is 71.7 cm³/mol. The number of hydrogen-bond donors (Lipinski definition) is 2. The maximum absolute atomic E-state index is 10.4. The maximum atomic E-state index is 10.4. The first-order chi connectivity index (χ1) is 8.74. The van der Waals surface area contributed by atoms with Gasteiger partial charge in [0.2, 0.25) is 0 Å². The summed E-state index contributed by atoms with van der Waals surface area (Å²) in [6.07, 6.45) is 8.49. The second-order valence-corrected chi connectivity index (χ2v) is 5.85. The Morgan fingerprint density at radius 3 is 2.72 bits per heavy atom. The molecule has 2 aliphatic rings. The lowest BCUT2D eigenvalue weighted by atomic mass is 9.89. The van der Waals surface area contributed by atoms with E-state index in [0.29, 0.717) is 12.6 Å². The molecule has 4 heteroatoms. The lowest BCUT2D eigenvalue weighted by Crippen LogP contribution is -2.35. The Labute approximate surface area is 110 Å². The van der Waals surface area contributed by atoms with Crippen molar-refractivity contribution in [3.05, 3.63) is 0 Å². The number of carboxylic acids is 1. The van der Waals surface area contributed by atoms with Crippen LogP contribution in [-0.4, -0.2) is 48.2 Å². The van der Waals surface area contributed by atoms with Crippen LogP contribution in [0.15, 0.2) is 0 Å². The normalized spacial score (nSPS) is 26.6. The molecule has 104 valence electrons. The minimum Gasteiger partial charge on any atom is -0.481 e. The summed E-state index contributed by atoms with van der Waals surface area (Å²) in [5.74, 6) is 0.205. The molecule has 1 saturated heterocycles. The minimum absolute atomic E-state index is 0.235. The molecule has 18 heavy (non-hydrogen) atoms. The number of nitrogens with one attached hydrogen (secondary N) is 1. The molecule has 0 radical (unpaired) electrons. The summed E-state index contributed by atoms with van der Waals surface area (Å²) in [6, 6.07) is 0.507. The van der Waals surface area contributed by atoms with Gasteiger partial charge in [0.25, 0.3) is 0 Å². The highest BCUT2D eigenvalue weighted by Crippen LogP contribution is 2.25. The van der Waals surface area contributed by atoms with E-state index in [1.807, 2.05) is 0 Å². The molecule has 0 spiro atoms. The Morgan fingerprint density at radius 1 is 1.22 bits per heavy atom. The number of carbonyl (C=O) groups is 1. The van der Waals surface area contributed by atoms with Crippen LogP contribution < -0.4 is 5.32 Å². The smallest absolute Gasteiger partial charge is 0.304 e. The molecule has 0 amide bonds. The molecule has 0 aromatic carbocycles. The number of hydrogen-bond acceptors (Lipinski definition) is 3. The quantitative estimate of drug-likeness (QED) is 0.757. The van der Waals surface area contributed by atoms with Crippen molar-refractivity contribution < 1.29 is 9.90 Å². The zero-order chi connectivity index (χ0) is 12.8. The van der Waals surface area contributed by atoms with E-state index in [1.54, 1.807) is 0 Å². The van der Waals surface area contributed by atoms with Gasteiger partial charge in [-0.1, -0.05) is 19.3 Å². The molecule has 0 aromatic rings. The topological polar surface area (TPSA) is 52.6 Å². The lowest BCUT2D eigenvalue weighted by molar-refractivity contribution is -0.136. The Kier molecular flexibility index (Phi) is 5.45. The highest BCUT2D eigenvalue weighted by atomic mass is 16.4. The summed E-state index contributed by atoms with van der Waals surface area (Å²) in [6.45, 7) is 4.16. The third-order valence-electron chi connectivity index (χ3n) is 4.29. The fourth-order valence-corrected chi connectivity index (χ4v) is 3.28. The zero-order valence-electron chi connectivity index (χ0n) is 11.2. The molecule has 2 N–H and O–H groups in total. The van der Waals surface area contributed by atoms with E-state index in [-0.39, 0.29) is 6.42 Å². The minimum atomic E-state index is -0.709. The number of likely N-dealkylation sites (tertiary alicyclic amines) is 1. The number of nitrogens with zero attached hydrogens (tertiary/aromatic N) is 1. The van der Waals surface area contributed by atoms with E-state index < -0.39 is 5.97 Å². The molecule has 1 atom stereocenters. The molecule has 1 saturated carbocycles. The van der Waals surface area contributed by atoms with Crippen molar-refractivity contribution in [2.45, 2.75) is 51.0 Å². The molecule has 0 bridgehead atoms. The van der Waals surface area contributed by atoms with E-state index in [1.165, 1.54) is 51.6 Å². The Bertz CT molecular complexity index is 265. The number of rotatable bonds is 6. The van der Waals surface area contributed by atoms with Crippen LogP contribution in [0.2, 0.25) is 0 Å². The molecule has 1 heterocycles. The van der Waals surface area contributed by atoms with Gasteiger partial charge >= 0.3 is 5.97 Å². The van der Waals surface area contributed by atoms with Gasteiger partial charge < -0.3 is 15.3 Å². The molecule has 0 aromatic heterocycles.